The standard InChI is InChI=1S/C27H25N3O6/c1-17(2)16-36-22-11-6-7-18(14-22)24-23(25(31)19-8-5-10-21(13-19)30(34)35)26(32)27(33)29(24)15-20-9-3-4-12-28-20/h3-14,17,24,31H,15-16H2,1-2H3/b25-23-. The number of aliphatic hydroxyl groups is 1. The number of ether oxygens (including phenoxy) is 1. The van der Waals surface area contributed by atoms with Crippen LogP contribution in [0.2, 0.25) is 0 Å². The van der Waals surface area contributed by atoms with E-state index in [1.54, 1.807) is 48.7 Å². The van der Waals surface area contributed by atoms with Gasteiger partial charge in [0.1, 0.15) is 11.5 Å². The van der Waals surface area contributed by atoms with Gasteiger partial charge in [-0.15, -0.1) is 0 Å². The number of hydrogen-bond acceptors (Lipinski definition) is 7. The second-order valence-electron chi connectivity index (χ2n) is 8.83. The fourth-order valence-corrected chi connectivity index (χ4v) is 4.02. The van der Waals surface area contributed by atoms with Gasteiger partial charge in [-0.25, -0.2) is 0 Å². The Hall–Kier alpha value is -4.53. The van der Waals surface area contributed by atoms with E-state index in [2.05, 4.69) is 4.98 Å². The van der Waals surface area contributed by atoms with Gasteiger partial charge in [-0.2, -0.15) is 0 Å². The van der Waals surface area contributed by atoms with Crippen LogP contribution in [0.5, 0.6) is 5.75 Å². The quantitative estimate of drug-likeness (QED) is 0.161. The van der Waals surface area contributed by atoms with E-state index in [1.807, 2.05) is 13.8 Å². The molecule has 2 aromatic carbocycles. The van der Waals surface area contributed by atoms with Crippen molar-refractivity contribution in [3.8, 4) is 5.75 Å². The van der Waals surface area contributed by atoms with Crippen molar-refractivity contribution in [2.75, 3.05) is 6.61 Å². The van der Waals surface area contributed by atoms with E-state index in [-0.39, 0.29) is 29.3 Å². The topological polar surface area (TPSA) is 123 Å². The third kappa shape index (κ3) is 5.10. The third-order valence-electron chi connectivity index (χ3n) is 5.69. The first-order valence-electron chi connectivity index (χ1n) is 11.4. The molecule has 0 spiro atoms. The van der Waals surface area contributed by atoms with Gasteiger partial charge in [-0.3, -0.25) is 24.7 Å². The fraction of sp³-hybridized carbons (Fsp3) is 0.222. The number of non-ortho nitro benzene ring substituents is 1. The molecule has 1 aromatic heterocycles. The molecule has 2 heterocycles. The lowest BCUT2D eigenvalue weighted by atomic mass is 9.95. The van der Waals surface area contributed by atoms with Gasteiger partial charge >= 0.3 is 0 Å². The molecule has 1 saturated heterocycles. The summed E-state index contributed by atoms with van der Waals surface area (Å²) in [6.45, 7) is 4.54. The number of ketones is 1. The fourth-order valence-electron chi connectivity index (χ4n) is 4.02. The third-order valence-corrected chi connectivity index (χ3v) is 5.69. The minimum Gasteiger partial charge on any atom is -0.507 e. The van der Waals surface area contributed by atoms with Gasteiger partial charge in [0.15, 0.2) is 0 Å². The van der Waals surface area contributed by atoms with Crippen molar-refractivity contribution in [1.29, 1.82) is 0 Å². The maximum Gasteiger partial charge on any atom is 0.296 e. The van der Waals surface area contributed by atoms with Crippen LogP contribution >= 0.6 is 0 Å². The number of likely N-dealkylation sites (tertiary alicyclic amines) is 1. The zero-order valence-electron chi connectivity index (χ0n) is 19.8. The van der Waals surface area contributed by atoms with Gasteiger partial charge in [0.2, 0.25) is 0 Å². The van der Waals surface area contributed by atoms with E-state index in [9.17, 15) is 24.8 Å². The maximum atomic E-state index is 13.2. The molecular formula is C27H25N3O6. The molecule has 9 nitrogen and oxygen atoms in total. The summed E-state index contributed by atoms with van der Waals surface area (Å²) >= 11 is 0. The Labute approximate surface area is 207 Å². The van der Waals surface area contributed by atoms with Crippen molar-refractivity contribution in [3.05, 3.63) is 105 Å². The van der Waals surface area contributed by atoms with E-state index in [4.69, 9.17) is 4.74 Å². The highest BCUT2D eigenvalue weighted by molar-refractivity contribution is 6.46. The number of pyridine rings is 1. The summed E-state index contributed by atoms with van der Waals surface area (Å²) in [5.41, 5.74) is 0.780. The summed E-state index contributed by atoms with van der Waals surface area (Å²) in [4.78, 5) is 42.7. The summed E-state index contributed by atoms with van der Waals surface area (Å²) in [5.74, 6) is -1.32. The number of carbonyl (C=O) groups excluding carboxylic acids is 2. The molecule has 0 bridgehead atoms. The minimum atomic E-state index is -0.950. The Morgan fingerprint density at radius 3 is 2.58 bits per heavy atom. The van der Waals surface area contributed by atoms with Crippen molar-refractivity contribution < 1.29 is 24.4 Å². The number of amides is 1. The summed E-state index contributed by atoms with van der Waals surface area (Å²) in [6, 6.07) is 16.6. The number of benzene rings is 2. The second-order valence-corrected chi connectivity index (χ2v) is 8.83. The van der Waals surface area contributed by atoms with E-state index in [0.29, 0.717) is 23.6 Å². The number of nitrogens with zero attached hydrogens (tertiary/aromatic N) is 3. The summed E-state index contributed by atoms with van der Waals surface area (Å²) in [6.07, 6.45) is 1.59. The number of rotatable bonds is 8. The van der Waals surface area contributed by atoms with Crippen LogP contribution < -0.4 is 4.74 Å². The van der Waals surface area contributed by atoms with Crippen LogP contribution in [0, 0.1) is 16.0 Å². The number of hydrogen-bond donors (Lipinski definition) is 1. The van der Waals surface area contributed by atoms with Crippen molar-refractivity contribution in [3.63, 3.8) is 0 Å². The zero-order valence-corrected chi connectivity index (χ0v) is 19.8. The van der Waals surface area contributed by atoms with Crippen molar-refractivity contribution in [2.45, 2.75) is 26.4 Å². The highest BCUT2D eigenvalue weighted by Gasteiger charge is 2.46. The normalized spacial score (nSPS) is 17.0. The summed E-state index contributed by atoms with van der Waals surface area (Å²) < 4.78 is 5.84. The molecule has 36 heavy (non-hydrogen) atoms. The summed E-state index contributed by atoms with van der Waals surface area (Å²) in [7, 11) is 0. The van der Waals surface area contributed by atoms with Gasteiger partial charge in [-0.1, -0.05) is 44.2 Å². The highest BCUT2D eigenvalue weighted by Crippen LogP contribution is 2.41. The van der Waals surface area contributed by atoms with Crippen LogP contribution in [-0.4, -0.2) is 38.2 Å². The second kappa shape index (κ2) is 10.4. The predicted octanol–water partition coefficient (Wildman–Crippen LogP) is 4.65. The number of nitro benzene ring substituents is 1. The number of aliphatic hydroxyl groups excluding tert-OH is 1. The molecule has 1 unspecified atom stereocenters. The first-order valence-corrected chi connectivity index (χ1v) is 11.4. The average molecular weight is 488 g/mol. The van der Waals surface area contributed by atoms with Crippen LogP contribution in [-0.2, 0) is 16.1 Å². The monoisotopic (exact) mass is 487 g/mol. The van der Waals surface area contributed by atoms with E-state index in [0.717, 1.165) is 0 Å². The number of Topliss-reactive ketones (excluding diaryl/α,β-unsaturated/α-hetero) is 1. The van der Waals surface area contributed by atoms with Gasteiger partial charge in [-0.05, 0) is 35.7 Å². The SMILES string of the molecule is CC(C)COc1cccc(C2/C(=C(/O)c3cccc([N+](=O)[O-])c3)C(=O)C(=O)N2Cc2ccccn2)c1. The van der Waals surface area contributed by atoms with Crippen LogP contribution in [0.15, 0.2) is 78.5 Å². The number of nitro groups is 1. The Bertz CT molecular complexity index is 1340. The molecule has 0 aliphatic carbocycles. The average Bonchev–Trinajstić information content (AvgIpc) is 3.13. The van der Waals surface area contributed by atoms with E-state index in [1.165, 1.54) is 29.2 Å². The molecule has 4 rings (SSSR count). The van der Waals surface area contributed by atoms with Crippen LogP contribution in [0.1, 0.15) is 36.7 Å². The number of aromatic nitrogens is 1. The minimum absolute atomic E-state index is 0.0267. The maximum absolute atomic E-state index is 13.2. The molecule has 3 aromatic rings. The van der Waals surface area contributed by atoms with Crippen molar-refractivity contribution in [2.24, 2.45) is 5.92 Å². The van der Waals surface area contributed by atoms with Crippen molar-refractivity contribution in [1.82, 2.24) is 9.88 Å². The molecule has 0 radical (unpaired) electrons. The molecule has 1 amide bonds. The van der Waals surface area contributed by atoms with E-state index < -0.39 is 28.4 Å². The molecule has 1 fully saturated rings. The zero-order chi connectivity index (χ0) is 25.8. The first-order chi connectivity index (χ1) is 17.3. The molecule has 1 aliphatic rings. The lowest BCUT2D eigenvalue weighted by Gasteiger charge is -2.25. The largest absolute Gasteiger partial charge is 0.507 e. The Balaban J connectivity index is 1.85. The van der Waals surface area contributed by atoms with Crippen LogP contribution in [0.4, 0.5) is 5.69 Å². The lowest BCUT2D eigenvalue weighted by Crippen LogP contribution is -2.29. The molecule has 1 atom stereocenters. The molecule has 1 aliphatic heterocycles. The molecule has 9 heteroatoms. The van der Waals surface area contributed by atoms with Gasteiger partial charge < -0.3 is 14.7 Å². The van der Waals surface area contributed by atoms with E-state index >= 15 is 0 Å². The first kappa shape index (κ1) is 24.6. The lowest BCUT2D eigenvalue weighted by molar-refractivity contribution is -0.384. The van der Waals surface area contributed by atoms with Crippen molar-refractivity contribution >= 4 is 23.1 Å². The predicted molar refractivity (Wildman–Crippen MR) is 132 cm³/mol. The Kier molecular flexibility index (Phi) is 7.10. The molecule has 0 saturated carbocycles. The Morgan fingerprint density at radius 1 is 1.11 bits per heavy atom. The smallest absolute Gasteiger partial charge is 0.296 e. The van der Waals surface area contributed by atoms with Crippen LogP contribution in [0.3, 0.4) is 0 Å². The van der Waals surface area contributed by atoms with Gasteiger partial charge in [0.25, 0.3) is 17.4 Å². The van der Waals surface area contributed by atoms with Gasteiger partial charge in [0.05, 0.1) is 35.4 Å². The Morgan fingerprint density at radius 2 is 1.89 bits per heavy atom. The molecule has 184 valence electrons. The summed E-state index contributed by atoms with van der Waals surface area (Å²) in [5, 5.41) is 22.4. The van der Waals surface area contributed by atoms with Crippen LogP contribution in [0.25, 0.3) is 5.76 Å². The highest BCUT2D eigenvalue weighted by atomic mass is 16.6. The molecular weight excluding hydrogens is 462 g/mol. The molecule has 1 N–H and O–H groups in total. The van der Waals surface area contributed by atoms with Gasteiger partial charge in [0, 0.05) is 23.9 Å². The number of carbonyl (C=O) groups is 2.